The van der Waals surface area contributed by atoms with Crippen LogP contribution in [0.5, 0.6) is 0 Å². The van der Waals surface area contributed by atoms with E-state index in [1.165, 1.54) is 13.4 Å². The van der Waals surface area contributed by atoms with Gasteiger partial charge in [0.25, 0.3) is 10.0 Å². The molecule has 0 fully saturated rings. The maximum Gasteiger partial charge on any atom is 0.417 e. The summed E-state index contributed by atoms with van der Waals surface area (Å²) in [5.41, 5.74) is 0.638. The average molecular weight is 468 g/mol. The molecule has 1 aromatic carbocycles. The van der Waals surface area contributed by atoms with E-state index < -0.39 is 26.5 Å². The van der Waals surface area contributed by atoms with Crippen LogP contribution in [0.15, 0.2) is 55.7 Å². The molecule has 10 nitrogen and oxygen atoms in total. The Morgan fingerprint density at radius 1 is 1.29 bits per heavy atom. The standard InChI is InChI=1S/C18H17FN4O6S2/c1-27-11-4-3-10(14(5-11)28-2)8-23(17-20-9-21-30-17)31(25,26)16-7-15-13(6-12(16)19)22-18(24)29-15/h5-7,9H,3-4,8H2,1-2H3,(H,22,24). The first-order valence-electron chi connectivity index (χ1n) is 8.96. The second kappa shape index (κ2) is 8.15. The van der Waals surface area contributed by atoms with Gasteiger partial charge in [0.15, 0.2) is 5.58 Å². The van der Waals surface area contributed by atoms with E-state index in [0.29, 0.717) is 29.9 Å². The smallest absolute Gasteiger partial charge is 0.417 e. The van der Waals surface area contributed by atoms with Gasteiger partial charge in [0.1, 0.15) is 22.8 Å². The molecule has 0 spiro atoms. The van der Waals surface area contributed by atoms with Gasteiger partial charge in [-0.2, -0.15) is 4.37 Å². The Bertz CT molecular complexity index is 1340. The predicted molar refractivity (Wildman–Crippen MR) is 110 cm³/mol. The Hall–Kier alpha value is -3.19. The molecule has 2 heterocycles. The molecule has 1 N–H and O–H groups in total. The number of fused-ring (bicyclic) bond motifs is 1. The van der Waals surface area contributed by atoms with Gasteiger partial charge in [0.2, 0.25) is 5.13 Å². The van der Waals surface area contributed by atoms with Gasteiger partial charge in [-0.05, 0) is 12.0 Å². The fourth-order valence-corrected chi connectivity index (χ4v) is 5.42. The highest BCUT2D eigenvalue weighted by Crippen LogP contribution is 2.32. The molecule has 13 heteroatoms. The zero-order valence-electron chi connectivity index (χ0n) is 16.4. The summed E-state index contributed by atoms with van der Waals surface area (Å²) in [6.45, 7) is -0.136. The van der Waals surface area contributed by atoms with Crippen LogP contribution in [0.4, 0.5) is 9.52 Å². The Morgan fingerprint density at radius 3 is 2.77 bits per heavy atom. The van der Waals surface area contributed by atoms with E-state index in [9.17, 15) is 17.6 Å². The fraction of sp³-hybridized carbons (Fsp3) is 0.278. The van der Waals surface area contributed by atoms with Gasteiger partial charge in [-0.3, -0.25) is 4.98 Å². The van der Waals surface area contributed by atoms with Crippen molar-refractivity contribution in [3.63, 3.8) is 0 Å². The minimum Gasteiger partial charge on any atom is -0.501 e. The van der Waals surface area contributed by atoms with Crippen LogP contribution in [0.3, 0.4) is 0 Å². The Kier molecular flexibility index (Phi) is 5.54. The number of nitrogens with one attached hydrogen (secondary N) is 1. The van der Waals surface area contributed by atoms with E-state index in [4.69, 9.17) is 13.9 Å². The fourth-order valence-electron chi connectivity index (χ4n) is 3.21. The minimum absolute atomic E-state index is 0.0535. The predicted octanol–water partition coefficient (Wildman–Crippen LogP) is 2.53. The number of ether oxygens (including phenoxy) is 2. The van der Waals surface area contributed by atoms with E-state index in [-0.39, 0.29) is 22.8 Å². The maximum absolute atomic E-state index is 14.8. The Morgan fingerprint density at radius 2 is 2.10 bits per heavy atom. The molecular formula is C18H17FN4O6S2. The second-order valence-electron chi connectivity index (χ2n) is 6.52. The topological polar surface area (TPSA) is 128 Å². The number of aromatic nitrogens is 3. The van der Waals surface area contributed by atoms with Crippen LogP contribution in [0, 0.1) is 5.82 Å². The first-order chi connectivity index (χ1) is 14.8. The summed E-state index contributed by atoms with van der Waals surface area (Å²) in [6.07, 6.45) is 3.92. The number of methoxy groups -OCH3 is 2. The number of aromatic amines is 1. The van der Waals surface area contributed by atoms with Gasteiger partial charge in [-0.1, -0.05) is 0 Å². The molecule has 164 valence electrons. The molecule has 0 unspecified atom stereocenters. The van der Waals surface area contributed by atoms with E-state index in [2.05, 4.69) is 14.3 Å². The van der Waals surface area contributed by atoms with E-state index in [0.717, 1.165) is 28.0 Å². The quantitative estimate of drug-likeness (QED) is 0.560. The summed E-state index contributed by atoms with van der Waals surface area (Å²) in [5, 5.41) is 0.0551. The number of H-pyrrole nitrogens is 1. The molecule has 3 aromatic rings. The second-order valence-corrected chi connectivity index (χ2v) is 9.10. The molecule has 0 atom stereocenters. The summed E-state index contributed by atoms with van der Waals surface area (Å²) in [5.74, 6) is -0.696. The average Bonchev–Trinajstić information content (AvgIpc) is 3.39. The number of nitrogens with zero attached hydrogens (tertiary/aromatic N) is 3. The number of sulfonamides is 1. The van der Waals surface area contributed by atoms with Crippen molar-refractivity contribution in [2.24, 2.45) is 0 Å². The van der Waals surface area contributed by atoms with Gasteiger partial charge in [0.05, 0.1) is 32.0 Å². The third-order valence-corrected chi connectivity index (χ3v) is 7.29. The monoisotopic (exact) mass is 468 g/mol. The Balaban J connectivity index is 1.82. The van der Waals surface area contributed by atoms with Crippen LogP contribution >= 0.6 is 11.5 Å². The van der Waals surface area contributed by atoms with Gasteiger partial charge in [-0.15, -0.1) is 0 Å². The summed E-state index contributed by atoms with van der Waals surface area (Å²) in [7, 11) is -1.43. The van der Waals surface area contributed by atoms with Crippen molar-refractivity contribution in [3.05, 3.63) is 58.0 Å². The number of oxazole rings is 1. The van der Waals surface area contributed by atoms with Crippen LogP contribution < -0.4 is 10.1 Å². The molecule has 31 heavy (non-hydrogen) atoms. The van der Waals surface area contributed by atoms with Crippen LogP contribution in [-0.4, -0.2) is 43.5 Å². The first-order valence-corrected chi connectivity index (χ1v) is 11.2. The molecule has 0 saturated carbocycles. The zero-order valence-corrected chi connectivity index (χ0v) is 18.0. The summed E-state index contributed by atoms with van der Waals surface area (Å²) >= 11 is 0.849. The molecule has 4 rings (SSSR count). The van der Waals surface area contributed by atoms with Crippen molar-refractivity contribution in [1.82, 2.24) is 14.3 Å². The van der Waals surface area contributed by atoms with Gasteiger partial charge < -0.3 is 13.9 Å². The van der Waals surface area contributed by atoms with Gasteiger partial charge >= 0.3 is 5.76 Å². The zero-order chi connectivity index (χ0) is 22.2. The number of benzene rings is 1. The third-order valence-electron chi connectivity index (χ3n) is 4.73. The first kappa shape index (κ1) is 21.1. The molecule has 0 radical (unpaired) electrons. The largest absolute Gasteiger partial charge is 0.501 e. The number of hydrogen-bond donors (Lipinski definition) is 1. The van der Waals surface area contributed by atoms with Crippen LogP contribution in [0.1, 0.15) is 12.8 Å². The normalized spacial score (nSPS) is 14.6. The van der Waals surface area contributed by atoms with Gasteiger partial charge in [-0.25, -0.2) is 26.9 Å². The van der Waals surface area contributed by atoms with Crippen molar-refractivity contribution in [2.45, 2.75) is 17.7 Å². The number of halogens is 1. The SMILES string of the molecule is COC1=CC(OC)=C(CN(c2ncns2)S(=O)(=O)c2cc3oc(=O)[nH]c3cc2F)CC1. The van der Waals surface area contributed by atoms with Crippen LogP contribution in [0.2, 0.25) is 0 Å². The molecule has 1 aliphatic rings. The molecule has 0 aliphatic heterocycles. The van der Waals surface area contributed by atoms with E-state index in [1.807, 2.05) is 0 Å². The summed E-state index contributed by atoms with van der Waals surface area (Å²) in [6, 6.07) is 1.88. The van der Waals surface area contributed by atoms with E-state index in [1.54, 1.807) is 13.2 Å². The Labute approximate surface area is 179 Å². The molecule has 0 bridgehead atoms. The van der Waals surface area contributed by atoms with Crippen molar-refractivity contribution in [1.29, 1.82) is 0 Å². The summed E-state index contributed by atoms with van der Waals surface area (Å²) < 4.78 is 62.1. The maximum atomic E-state index is 14.8. The highest BCUT2D eigenvalue weighted by Gasteiger charge is 2.33. The number of allylic oxidation sites excluding steroid dienone is 2. The highest BCUT2D eigenvalue weighted by molar-refractivity contribution is 7.93. The van der Waals surface area contributed by atoms with Crippen molar-refractivity contribution in [3.8, 4) is 0 Å². The molecule has 2 aromatic heterocycles. The molecule has 1 aliphatic carbocycles. The number of rotatable bonds is 7. The van der Waals surface area contributed by atoms with Gasteiger partial charge in [0, 0.05) is 36.2 Å². The molecule has 0 amide bonds. The highest BCUT2D eigenvalue weighted by atomic mass is 32.2. The third kappa shape index (κ3) is 3.93. The minimum atomic E-state index is -4.44. The number of anilines is 1. The van der Waals surface area contributed by atoms with E-state index >= 15 is 0 Å². The van der Waals surface area contributed by atoms with Crippen molar-refractivity contribution >= 4 is 37.8 Å². The lowest BCUT2D eigenvalue weighted by Crippen LogP contribution is -2.34. The van der Waals surface area contributed by atoms with Crippen molar-refractivity contribution < 1.29 is 26.7 Å². The lowest BCUT2D eigenvalue weighted by atomic mass is 10.0. The van der Waals surface area contributed by atoms with Crippen molar-refractivity contribution in [2.75, 3.05) is 25.1 Å². The lowest BCUT2D eigenvalue weighted by Gasteiger charge is -2.25. The summed E-state index contributed by atoms with van der Waals surface area (Å²) in [4.78, 5) is 17.0. The number of hydrogen-bond acceptors (Lipinski definition) is 9. The van der Waals surface area contributed by atoms with Crippen LogP contribution in [0.25, 0.3) is 11.1 Å². The lowest BCUT2D eigenvalue weighted by molar-refractivity contribution is 0.254. The molecule has 0 saturated heterocycles. The van der Waals surface area contributed by atoms with Crippen LogP contribution in [-0.2, 0) is 19.5 Å². The molecular weight excluding hydrogens is 451 g/mol.